The number of benzene rings is 1. The molecule has 0 heterocycles. The number of hydrogen-bond donors (Lipinski definition) is 9. The molecule has 0 saturated heterocycles. The lowest BCUT2D eigenvalue weighted by Crippen LogP contribution is -2.59. The number of amides is 3. The number of aliphatic hydroxyl groups excluding tert-OH is 3. The van der Waals surface area contributed by atoms with Crippen LogP contribution in [0.15, 0.2) is 24.3 Å². The van der Waals surface area contributed by atoms with Gasteiger partial charge in [0.2, 0.25) is 17.7 Å². The molecule has 13 heteroatoms. The van der Waals surface area contributed by atoms with Crippen LogP contribution < -0.4 is 21.7 Å². The normalized spacial score (nSPS) is 15.5. The Morgan fingerprint density at radius 2 is 1.44 bits per heavy atom. The summed E-state index contributed by atoms with van der Waals surface area (Å²) >= 11 is 0. The Bertz CT molecular complexity index is 800. The number of nitrogens with two attached hydrogens (primary N) is 1. The number of rotatable bonds is 12. The van der Waals surface area contributed by atoms with E-state index in [0.717, 1.165) is 6.92 Å². The molecule has 0 bridgehead atoms. The van der Waals surface area contributed by atoms with Crippen molar-refractivity contribution in [3.63, 3.8) is 0 Å². The number of carbonyl (C=O) groups excluding carboxylic acids is 3. The SMILES string of the molecule is CC(O)C(NC(=O)C(CO)NC(=O)C(Cc1ccc(O)cc1)NC(=O)C(N)CO)C(=O)O. The van der Waals surface area contributed by atoms with Crippen LogP contribution in [0.25, 0.3) is 0 Å². The Labute approximate surface area is 183 Å². The van der Waals surface area contributed by atoms with Crippen molar-refractivity contribution in [3.8, 4) is 5.75 Å². The van der Waals surface area contributed by atoms with Gasteiger partial charge < -0.3 is 47.2 Å². The standard InChI is InChI=1S/C19H28N4O9/c1-9(26)15(19(31)32)23-18(30)14(8-25)22-17(29)13(21-16(28)12(20)7-24)6-10-2-4-11(27)5-3-10/h2-5,9,12-15,24-27H,6-8,20H2,1H3,(H,21,28)(H,22,29)(H,23,30)(H,31,32). The summed E-state index contributed by atoms with van der Waals surface area (Å²) in [5, 5.41) is 53.0. The van der Waals surface area contributed by atoms with Crippen molar-refractivity contribution in [3.05, 3.63) is 29.8 Å². The number of phenols is 1. The summed E-state index contributed by atoms with van der Waals surface area (Å²) in [6.07, 6.45) is -1.55. The molecule has 1 rings (SSSR count). The van der Waals surface area contributed by atoms with Crippen molar-refractivity contribution in [1.82, 2.24) is 16.0 Å². The lowest BCUT2D eigenvalue weighted by molar-refractivity contribution is -0.145. The summed E-state index contributed by atoms with van der Waals surface area (Å²) in [6, 6.07) is -0.177. The second-order valence-electron chi connectivity index (χ2n) is 7.03. The number of nitrogens with one attached hydrogen (secondary N) is 3. The molecule has 1 aromatic rings. The lowest BCUT2D eigenvalue weighted by Gasteiger charge is -2.24. The minimum absolute atomic E-state index is 0.0239. The van der Waals surface area contributed by atoms with Gasteiger partial charge in [-0.25, -0.2) is 4.79 Å². The molecule has 5 unspecified atom stereocenters. The third-order valence-corrected chi connectivity index (χ3v) is 4.40. The molecule has 0 aromatic heterocycles. The van der Waals surface area contributed by atoms with Gasteiger partial charge in [-0.3, -0.25) is 14.4 Å². The van der Waals surface area contributed by atoms with Crippen molar-refractivity contribution < 1.29 is 44.7 Å². The molecule has 0 aliphatic heterocycles. The first kappa shape index (κ1) is 26.8. The van der Waals surface area contributed by atoms with Gasteiger partial charge in [0.15, 0.2) is 6.04 Å². The number of aliphatic hydroxyl groups is 3. The summed E-state index contributed by atoms with van der Waals surface area (Å²) in [4.78, 5) is 48.3. The highest BCUT2D eigenvalue weighted by molar-refractivity contribution is 5.94. The Balaban J connectivity index is 2.99. The van der Waals surface area contributed by atoms with E-state index in [-0.39, 0.29) is 12.2 Å². The van der Waals surface area contributed by atoms with Crippen LogP contribution >= 0.6 is 0 Å². The third-order valence-electron chi connectivity index (χ3n) is 4.40. The molecule has 5 atom stereocenters. The molecule has 0 radical (unpaired) electrons. The number of carboxylic acid groups (broad SMARTS) is 1. The average Bonchev–Trinajstić information content (AvgIpc) is 2.75. The molecule has 0 fully saturated rings. The Hall–Kier alpha value is -3.26. The van der Waals surface area contributed by atoms with Crippen molar-refractivity contribution >= 4 is 23.7 Å². The summed E-state index contributed by atoms with van der Waals surface area (Å²) in [5.41, 5.74) is 5.97. The zero-order valence-electron chi connectivity index (χ0n) is 17.3. The Morgan fingerprint density at radius 1 is 0.906 bits per heavy atom. The van der Waals surface area contributed by atoms with Crippen molar-refractivity contribution in [2.24, 2.45) is 5.73 Å². The van der Waals surface area contributed by atoms with Crippen LogP contribution in [0.5, 0.6) is 5.75 Å². The predicted octanol–water partition coefficient (Wildman–Crippen LogP) is -3.83. The fourth-order valence-corrected chi connectivity index (χ4v) is 2.55. The van der Waals surface area contributed by atoms with E-state index in [0.29, 0.717) is 5.56 Å². The maximum Gasteiger partial charge on any atom is 0.328 e. The first-order valence-corrected chi connectivity index (χ1v) is 9.57. The number of aromatic hydroxyl groups is 1. The number of carbonyl (C=O) groups is 4. The topological polar surface area (TPSA) is 232 Å². The van der Waals surface area contributed by atoms with Gasteiger partial charge in [-0.2, -0.15) is 0 Å². The third kappa shape index (κ3) is 8.11. The van der Waals surface area contributed by atoms with Gasteiger partial charge in [0.25, 0.3) is 0 Å². The minimum Gasteiger partial charge on any atom is -0.508 e. The molecule has 32 heavy (non-hydrogen) atoms. The van der Waals surface area contributed by atoms with E-state index in [1.165, 1.54) is 24.3 Å². The lowest BCUT2D eigenvalue weighted by atomic mass is 10.0. The summed E-state index contributed by atoms with van der Waals surface area (Å²) < 4.78 is 0. The average molecular weight is 456 g/mol. The van der Waals surface area contributed by atoms with E-state index in [4.69, 9.17) is 15.9 Å². The Morgan fingerprint density at radius 3 is 1.91 bits per heavy atom. The predicted molar refractivity (Wildman–Crippen MR) is 109 cm³/mol. The maximum atomic E-state index is 12.8. The molecule has 3 amide bonds. The molecule has 178 valence electrons. The van der Waals surface area contributed by atoms with Crippen molar-refractivity contribution in [2.75, 3.05) is 13.2 Å². The van der Waals surface area contributed by atoms with Crippen molar-refractivity contribution in [1.29, 1.82) is 0 Å². The van der Waals surface area contributed by atoms with Crippen molar-refractivity contribution in [2.45, 2.75) is 43.6 Å². The van der Waals surface area contributed by atoms with E-state index in [2.05, 4.69) is 10.6 Å². The highest BCUT2D eigenvalue weighted by Crippen LogP contribution is 2.12. The van der Waals surface area contributed by atoms with Gasteiger partial charge >= 0.3 is 5.97 Å². The van der Waals surface area contributed by atoms with Gasteiger partial charge in [-0.15, -0.1) is 0 Å². The summed E-state index contributed by atoms with van der Waals surface area (Å²) in [6.45, 7) is -0.448. The van der Waals surface area contributed by atoms with Crippen LogP contribution in [0, 0.1) is 0 Å². The van der Waals surface area contributed by atoms with Crippen LogP contribution in [-0.2, 0) is 25.6 Å². The molecule has 1 aromatic carbocycles. The molecule has 10 N–H and O–H groups in total. The van der Waals surface area contributed by atoms with Gasteiger partial charge in [0.05, 0.1) is 19.3 Å². The van der Waals surface area contributed by atoms with Gasteiger partial charge in [0, 0.05) is 6.42 Å². The van der Waals surface area contributed by atoms with E-state index >= 15 is 0 Å². The van der Waals surface area contributed by atoms with Gasteiger partial charge in [0.1, 0.15) is 23.9 Å². The second-order valence-corrected chi connectivity index (χ2v) is 7.03. The smallest absolute Gasteiger partial charge is 0.328 e. The number of carboxylic acids is 1. The molecule has 0 saturated carbocycles. The van der Waals surface area contributed by atoms with Gasteiger partial charge in [-0.05, 0) is 24.6 Å². The van der Waals surface area contributed by atoms with Crippen LogP contribution in [0.4, 0.5) is 0 Å². The molecule has 13 nitrogen and oxygen atoms in total. The van der Waals surface area contributed by atoms with Crippen LogP contribution in [0.3, 0.4) is 0 Å². The molecule has 0 spiro atoms. The quantitative estimate of drug-likeness (QED) is 0.149. The van der Waals surface area contributed by atoms with Gasteiger partial charge in [-0.1, -0.05) is 12.1 Å². The van der Waals surface area contributed by atoms with E-state index < -0.39 is 67.2 Å². The first-order valence-electron chi connectivity index (χ1n) is 9.57. The minimum atomic E-state index is -1.68. The molecule has 0 aliphatic rings. The second kappa shape index (κ2) is 12.6. The monoisotopic (exact) mass is 456 g/mol. The van der Waals surface area contributed by atoms with E-state index in [1.54, 1.807) is 0 Å². The number of hydrogen-bond acceptors (Lipinski definition) is 9. The zero-order chi connectivity index (χ0) is 24.4. The molecule has 0 aliphatic carbocycles. The number of aliphatic carboxylic acids is 1. The summed E-state index contributed by atoms with van der Waals surface area (Å²) in [5.74, 6) is -4.38. The highest BCUT2D eigenvalue weighted by Gasteiger charge is 2.31. The molecular weight excluding hydrogens is 428 g/mol. The van der Waals surface area contributed by atoms with E-state index in [9.17, 15) is 34.5 Å². The highest BCUT2D eigenvalue weighted by atomic mass is 16.4. The fourth-order valence-electron chi connectivity index (χ4n) is 2.55. The summed E-state index contributed by atoms with van der Waals surface area (Å²) in [7, 11) is 0. The zero-order valence-corrected chi connectivity index (χ0v) is 17.3. The number of phenolic OH excluding ortho intramolecular Hbond substituents is 1. The largest absolute Gasteiger partial charge is 0.508 e. The maximum absolute atomic E-state index is 12.8. The fraction of sp³-hybridized carbons (Fsp3) is 0.474. The van der Waals surface area contributed by atoms with Crippen LogP contribution in [0.2, 0.25) is 0 Å². The first-order chi connectivity index (χ1) is 15.0. The van der Waals surface area contributed by atoms with E-state index in [1.807, 2.05) is 5.32 Å². The molecular formula is C19H28N4O9. The van der Waals surface area contributed by atoms with Crippen LogP contribution in [-0.4, -0.2) is 92.7 Å². The Kier molecular flexibility index (Phi) is 10.5. The van der Waals surface area contributed by atoms with Crippen LogP contribution in [0.1, 0.15) is 12.5 Å².